The van der Waals surface area contributed by atoms with Crippen LogP contribution in [0.25, 0.3) is 33.4 Å². The van der Waals surface area contributed by atoms with E-state index in [0.717, 1.165) is 19.3 Å². The molecular formula is C28H20. The van der Waals surface area contributed by atoms with Gasteiger partial charge < -0.3 is 0 Å². The molecule has 0 saturated carbocycles. The van der Waals surface area contributed by atoms with Crippen LogP contribution in [0.3, 0.4) is 0 Å². The van der Waals surface area contributed by atoms with Gasteiger partial charge in [0.1, 0.15) is 0 Å². The predicted molar refractivity (Wildman–Crippen MR) is 116 cm³/mol. The lowest BCUT2D eigenvalue weighted by atomic mass is 9.88. The van der Waals surface area contributed by atoms with E-state index in [4.69, 9.17) is 0 Å². The Hall–Kier alpha value is -3.12. The molecule has 0 atom stereocenters. The minimum absolute atomic E-state index is 1.07. The van der Waals surface area contributed by atoms with Crippen LogP contribution in [-0.2, 0) is 19.3 Å². The Morgan fingerprint density at radius 3 is 1.89 bits per heavy atom. The number of hydrogen-bond acceptors (Lipinski definition) is 0. The van der Waals surface area contributed by atoms with Gasteiger partial charge in [0.25, 0.3) is 0 Å². The van der Waals surface area contributed by atoms with Gasteiger partial charge in [-0.1, -0.05) is 66.7 Å². The zero-order valence-corrected chi connectivity index (χ0v) is 16.0. The third kappa shape index (κ3) is 1.72. The van der Waals surface area contributed by atoms with Crippen LogP contribution in [0, 0.1) is 6.92 Å². The Kier molecular flexibility index (Phi) is 2.67. The molecule has 4 aromatic rings. The summed E-state index contributed by atoms with van der Waals surface area (Å²) in [5.41, 5.74) is 19.5. The average molecular weight is 356 g/mol. The second kappa shape index (κ2) is 5.02. The Morgan fingerprint density at radius 1 is 0.500 bits per heavy atom. The number of rotatable bonds is 0. The van der Waals surface area contributed by atoms with Crippen LogP contribution in [0.15, 0.2) is 66.7 Å². The van der Waals surface area contributed by atoms with Crippen LogP contribution in [-0.4, -0.2) is 0 Å². The number of aryl methyl sites for hydroxylation is 1. The van der Waals surface area contributed by atoms with Gasteiger partial charge in [0.15, 0.2) is 0 Å². The highest BCUT2D eigenvalue weighted by molar-refractivity contribution is 5.99. The molecule has 132 valence electrons. The van der Waals surface area contributed by atoms with Crippen LogP contribution in [0.4, 0.5) is 0 Å². The molecule has 3 aliphatic carbocycles. The fourth-order valence-corrected chi connectivity index (χ4v) is 5.98. The van der Waals surface area contributed by atoms with E-state index in [1.54, 1.807) is 11.1 Å². The molecule has 0 amide bonds. The maximum Gasteiger partial charge on any atom is -0.000707 e. The largest absolute Gasteiger partial charge is 0.0619 e. The Labute approximate surface area is 165 Å². The third-order valence-electron chi connectivity index (χ3n) is 7.04. The summed E-state index contributed by atoms with van der Waals surface area (Å²) < 4.78 is 0. The quantitative estimate of drug-likeness (QED) is 0.283. The second-order valence-corrected chi connectivity index (χ2v) is 8.56. The molecule has 0 spiro atoms. The lowest BCUT2D eigenvalue weighted by Crippen LogP contribution is -1.94. The van der Waals surface area contributed by atoms with Gasteiger partial charge in [-0.05, 0) is 98.5 Å². The Balaban J connectivity index is 1.58. The summed E-state index contributed by atoms with van der Waals surface area (Å²) in [5, 5.41) is 0. The first kappa shape index (κ1) is 14.9. The summed E-state index contributed by atoms with van der Waals surface area (Å²) >= 11 is 0. The van der Waals surface area contributed by atoms with Gasteiger partial charge in [0.05, 0.1) is 0 Å². The second-order valence-electron chi connectivity index (χ2n) is 8.56. The molecule has 0 heterocycles. The van der Waals surface area contributed by atoms with E-state index in [-0.39, 0.29) is 0 Å². The number of hydrogen-bond donors (Lipinski definition) is 0. The van der Waals surface area contributed by atoms with Crippen molar-refractivity contribution < 1.29 is 0 Å². The van der Waals surface area contributed by atoms with Gasteiger partial charge in [0, 0.05) is 0 Å². The highest BCUT2D eigenvalue weighted by Crippen LogP contribution is 2.54. The Bertz CT molecular complexity index is 1340. The molecule has 0 aromatic heterocycles. The van der Waals surface area contributed by atoms with Crippen LogP contribution >= 0.6 is 0 Å². The van der Waals surface area contributed by atoms with Crippen LogP contribution in [0.2, 0.25) is 0 Å². The molecule has 0 heteroatoms. The highest BCUT2D eigenvalue weighted by atomic mass is 14.4. The van der Waals surface area contributed by atoms with Crippen molar-refractivity contribution in [1.82, 2.24) is 0 Å². The van der Waals surface area contributed by atoms with E-state index in [9.17, 15) is 0 Å². The van der Waals surface area contributed by atoms with Gasteiger partial charge in [-0.15, -0.1) is 0 Å². The fraction of sp³-hybridized carbons (Fsp3) is 0.143. The molecule has 28 heavy (non-hydrogen) atoms. The molecule has 0 nitrogen and oxygen atoms in total. The first-order valence-electron chi connectivity index (χ1n) is 10.3. The molecule has 4 aromatic carbocycles. The van der Waals surface area contributed by atoms with E-state index in [0.29, 0.717) is 0 Å². The molecule has 0 unspecified atom stereocenters. The maximum atomic E-state index is 2.46. The predicted octanol–water partition coefficient (Wildman–Crippen LogP) is 6.71. The summed E-state index contributed by atoms with van der Waals surface area (Å²) in [6, 6.07) is 25.2. The number of fused-ring (bicyclic) bond motifs is 11. The van der Waals surface area contributed by atoms with Gasteiger partial charge in [-0.3, -0.25) is 0 Å². The summed E-state index contributed by atoms with van der Waals surface area (Å²) in [4.78, 5) is 0. The summed E-state index contributed by atoms with van der Waals surface area (Å²) in [5.74, 6) is 0. The first-order valence-corrected chi connectivity index (χ1v) is 10.3. The van der Waals surface area contributed by atoms with Crippen molar-refractivity contribution in [3.05, 3.63) is 106 Å². The smallest absolute Gasteiger partial charge is 0.000707 e. The lowest BCUT2D eigenvalue weighted by Gasteiger charge is -2.15. The molecule has 0 radical (unpaired) electrons. The standard InChI is InChI=1S/C28H20/c1-16-12-21-14-20-11-10-19-13-17-6-2-5-9-23(17)26(19)28(20)27(21)24-15-18-7-3-4-8-22(18)25(16)24/h2-12H,13-15H2,1H3. The fourth-order valence-electron chi connectivity index (χ4n) is 5.98. The molecule has 7 rings (SSSR count). The molecule has 0 bridgehead atoms. The van der Waals surface area contributed by atoms with Crippen LogP contribution in [0.5, 0.6) is 0 Å². The molecule has 0 saturated heterocycles. The normalized spacial score (nSPS) is 14.2. The summed E-state index contributed by atoms with van der Waals surface area (Å²) in [6.07, 6.45) is 3.22. The monoisotopic (exact) mass is 356 g/mol. The van der Waals surface area contributed by atoms with E-state index in [1.165, 1.54) is 61.2 Å². The van der Waals surface area contributed by atoms with E-state index in [2.05, 4.69) is 73.7 Å². The molecular weight excluding hydrogens is 336 g/mol. The van der Waals surface area contributed by atoms with Crippen molar-refractivity contribution >= 4 is 0 Å². The van der Waals surface area contributed by atoms with Crippen molar-refractivity contribution in [3.8, 4) is 33.4 Å². The van der Waals surface area contributed by atoms with Crippen molar-refractivity contribution in [2.45, 2.75) is 26.2 Å². The summed E-state index contributed by atoms with van der Waals surface area (Å²) in [7, 11) is 0. The lowest BCUT2D eigenvalue weighted by molar-refractivity contribution is 1.21. The molecule has 0 aliphatic heterocycles. The number of benzene rings is 4. The van der Waals surface area contributed by atoms with Crippen molar-refractivity contribution in [3.63, 3.8) is 0 Å². The van der Waals surface area contributed by atoms with Gasteiger partial charge in [-0.25, -0.2) is 0 Å². The minimum atomic E-state index is 1.07. The zero-order valence-electron chi connectivity index (χ0n) is 16.0. The minimum Gasteiger partial charge on any atom is -0.0619 e. The zero-order chi connectivity index (χ0) is 18.4. The van der Waals surface area contributed by atoms with Gasteiger partial charge >= 0.3 is 0 Å². The topological polar surface area (TPSA) is 0 Å². The third-order valence-corrected chi connectivity index (χ3v) is 7.04. The van der Waals surface area contributed by atoms with Gasteiger partial charge in [-0.2, -0.15) is 0 Å². The Morgan fingerprint density at radius 2 is 1.11 bits per heavy atom. The molecule has 0 fully saturated rings. The highest BCUT2D eigenvalue weighted by Gasteiger charge is 2.33. The summed E-state index contributed by atoms with van der Waals surface area (Å²) in [6.45, 7) is 2.30. The van der Waals surface area contributed by atoms with E-state index < -0.39 is 0 Å². The first-order chi connectivity index (χ1) is 13.8. The van der Waals surface area contributed by atoms with Crippen molar-refractivity contribution in [2.75, 3.05) is 0 Å². The van der Waals surface area contributed by atoms with E-state index in [1.807, 2.05) is 0 Å². The van der Waals surface area contributed by atoms with E-state index >= 15 is 0 Å². The van der Waals surface area contributed by atoms with Crippen LogP contribution < -0.4 is 0 Å². The van der Waals surface area contributed by atoms with Crippen molar-refractivity contribution in [1.29, 1.82) is 0 Å². The molecule has 0 N–H and O–H groups in total. The molecule has 3 aliphatic rings. The van der Waals surface area contributed by atoms with Crippen LogP contribution in [0.1, 0.15) is 38.9 Å². The van der Waals surface area contributed by atoms with Crippen molar-refractivity contribution in [2.24, 2.45) is 0 Å². The SMILES string of the molecule is Cc1cc2c(c3c1-c1ccccc1C3)-c1c(ccc3c1-c1ccccc1C3)C2. The maximum absolute atomic E-state index is 2.46. The van der Waals surface area contributed by atoms with Gasteiger partial charge in [0.2, 0.25) is 0 Å². The average Bonchev–Trinajstić information content (AvgIpc) is 3.37.